The molecule has 0 saturated carbocycles. The summed E-state index contributed by atoms with van der Waals surface area (Å²) < 4.78 is 11.5. The summed E-state index contributed by atoms with van der Waals surface area (Å²) in [6.45, 7) is 8.49. The number of hydrogen-bond acceptors (Lipinski definition) is 5. The minimum Gasteiger partial charge on any atom is -0.494 e. The third kappa shape index (κ3) is 2.57. The second kappa shape index (κ2) is 5.94. The van der Waals surface area contributed by atoms with Crippen molar-refractivity contribution in [2.75, 3.05) is 24.6 Å². The number of aromatic nitrogens is 3. The first-order chi connectivity index (χ1) is 11.7. The lowest BCUT2D eigenvalue weighted by Crippen LogP contribution is -2.46. The van der Waals surface area contributed by atoms with Crippen molar-refractivity contribution < 1.29 is 9.47 Å². The molecule has 0 bridgehead atoms. The monoisotopic (exact) mass is 326 g/mol. The molecule has 3 heterocycles. The van der Waals surface area contributed by atoms with Crippen molar-refractivity contribution in [3.63, 3.8) is 0 Å². The number of anilines is 1. The molecule has 1 fully saturated rings. The SMILES string of the molecule is CCOc1ccc2[nH]c3c(N4C[C@@H](C)O[C@H](C)C4)ncnc3c2c1. The van der Waals surface area contributed by atoms with Crippen LogP contribution in [0.1, 0.15) is 20.8 Å². The quantitative estimate of drug-likeness (QED) is 0.801. The number of rotatable bonds is 3. The van der Waals surface area contributed by atoms with Crippen molar-refractivity contribution in [3.05, 3.63) is 24.5 Å². The molecule has 0 spiro atoms. The molecule has 0 unspecified atom stereocenters. The largest absolute Gasteiger partial charge is 0.494 e. The zero-order valence-corrected chi connectivity index (χ0v) is 14.2. The van der Waals surface area contributed by atoms with Gasteiger partial charge in [0.25, 0.3) is 0 Å². The Morgan fingerprint density at radius 3 is 2.79 bits per heavy atom. The smallest absolute Gasteiger partial charge is 0.156 e. The van der Waals surface area contributed by atoms with Gasteiger partial charge in [-0.15, -0.1) is 0 Å². The highest BCUT2D eigenvalue weighted by atomic mass is 16.5. The standard InChI is InChI=1S/C18H22N4O2/c1-4-23-13-5-6-15-14(7-13)16-17(21-15)18(20-10-19-16)22-8-11(2)24-12(3)9-22/h5-7,10-12,21H,4,8-9H2,1-3H3/t11-,12-/m1/s1. The molecule has 6 nitrogen and oxygen atoms in total. The molecule has 1 N–H and O–H groups in total. The van der Waals surface area contributed by atoms with Gasteiger partial charge < -0.3 is 19.4 Å². The molecule has 6 heteroatoms. The van der Waals surface area contributed by atoms with Crippen LogP contribution in [-0.4, -0.2) is 46.9 Å². The number of morpholine rings is 1. The zero-order valence-electron chi connectivity index (χ0n) is 14.2. The molecule has 2 atom stereocenters. The topological polar surface area (TPSA) is 63.3 Å². The lowest BCUT2D eigenvalue weighted by molar-refractivity contribution is -0.00538. The van der Waals surface area contributed by atoms with Crippen LogP contribution >= 0.6 is 0 Å². The molecule has 1 saturated heterocycles. The third-order valence-electron chi connectivity index (χ3n) is 4.36. The van der Waals surface area contributed by atoms with Gasteiger partial charge in [-0.25, -0.2) is 9.97 Å². The van der Waals surface area contributed by atoms with Crippen LogP contribution in [0.2, 0.25) is 0 Å². The molecule has 24 heavy (non-hydrogen) atoms. The predicted molar refractivity (Wildman–Crippen MR) is 94.8 cm³/mol. The Labute approximate surface area is 140 Å². The molecule has 0 amide bonds. The maximum absolute atomic E-state index is 5.84. The Kier molecular flexibility index (Phi) is 3.76. The van der Waals surface area contributed by atoms with Gasteiger partial charge in [-0.2, -0.15) is 0 Å². The molecule has 126 valence electrons. The normalized spacial score (nSPS) is 21.5. The number of aromatic amines is 1. The predicted octanol–water partition coefficient (Wildman–Crippen LogP) is 3.12. The van der Waals surface area contributed by atoms with E-state index in [0.717, 1.165) is 46.6 Å². The highest BCUT2D eigenvalue weighted by Gasteiger charge is 2.25. The van der Waals surface area contributed by atoms with Gasteiger partial charge in [-0.05, 0) is 39.0 Å². The lowest BCUT2D eigenvalue weighted by atomic mass is 10.2. The van der Waals surface area contributed by atoms with E-state index < -0.39 is 0 Å². The summed E-state index contributed by atoms with van der Waals surface area (Å²) in [5.74, 6) is 1.80. The van der Waals surface area contributed by atoms with Gasteiger partial charge in [0.2, 0.25) is 0 Å². The second-order valence-electron chi connectivity index (χ2n) is 6.35. The number of fused-ring (bicyclic) bond motifs is 3. The summed E-state index contributed by atoms with van der Waals surface area (Å²) in [5, 5.41) is 1.06. The molecule has 4 rings (SSSR count). The summed E-state index contributed by atoms with van der Waals surface area (Å²) in [7, 11) is 0. The lowest BCUT2D eigenvalue weighted by Gasteiger charge is -2.36. The Bertz CT molecular complexity index is 866. The van der Waals surface area contributed by atoms with Gasteiger partial charge >= 0.3 is 0 Å². The zero-order chi connectivity index (χ0) is 16.7. The number of ether oxygens (including phenoxy) is 2. The van der Waals surface area contributed by atoms with E-state index in [9.17, 15) is 0 Å². The van der Waals surface area contributed by atoms with Crippen LogP contribution in [0.25, 0.3) is 21.9 Å². The highest BCUT2D eigenvalue weighted by Crippen LogP contribution is 2.32. The van der Waals surface area contributed by atoms with Crippen LogP contribution in [0, 0.1) is 0 Å². The summed E-state index contributed by atoms with van der Waals surface area (Å²) in [6.07, 6.45) is 2.02. The third-order valence-corrected chi connectivity index (χ3v) is 4.36. The average Bonchev–Trinajstić information content (AvgIpc) is 2.92. The van der Waals surface area contributed by atoms with E-state index >= 15 is 0 Å². The first kappa shape index (κ1) is 15.2. The number of nitrogens with zero attached hydrogens (tertiary/aromatic N) is 3. The first-order valence-electron chi connectivity index (χ1n) is 8.45. The van der Waals surface area contributed by atoms with Crippen molar-refractivity contribution in [2.24, 2.45) is 0 Å². The first-order valence-corrected chi connectivity index (χ1v) is 8.45. The van der Waals surface area contributed by atoms with Gasteiger partial charge in [-0.1, -0.05) is 0 Å². The van der Waals surface area contributed by atoms with E-state index in [0.29, 0.717) is 6.61 Å². The fraction of sp³-hybridized carbons (Fsp3) is 0.444. The molecule has 1 aromatic carbocycles. The number of benzene rings is 1. The summed E-state index contributed by atoms with van der Waals surface area (Å²) in [6, 6.07) is 6.06. The van der Waals surface area contributed by atoms with Crippen molar-refractivity contribution in [1.29, 1.82) is 0 Å². The number of hydrogen-bond donors (Lipinski definition) is 1. The molecule has 0 aliphatic carbocycles. The van der Waals surface area contributed by atoms with Crippen LogP contribution in [0.3, 0.4) is 0 Å². The minimum atomic E-state index is 0.188. The molecule has 1 aliphatic heterocycles. The molecule has 0 radical (unpaired) electrons. The van der Waals surface area contributed by atoms with Crippen molar-refractivity contribution in [1.82, 2.24) is 15.0 Å². The van der Waals surface area contributed by atoms with Crippen molar-refractivity contribution >= 4 is 27.8 Å². The summed E-state index contributed by atoms with van der Waals surface area (Å²) in [5.41, 5.74) is 2.95. The van der Waals surface area contributed by atoms with Gasteiger partial charge in [0.1, 0.15) is 23.1 Å². The van der Waals surface area contributed by atoms with E-state index in [-0.39, 0.29) is 12.2 Å². The summed E-state index contributed by atoms with van der Waals surface area (Å²) in [4.78, 5) is 14.8. The van der Waals surface area contributed by atoms with Crippen molar-refractivity contribution in [3.8, 4) is 5.75 Å². The van der Waals surface area contributed by atoms with Crippen LogP contribution in [-0.2, 0) is 4.74 Å². The van der Waals surface area contributed by atoms with E-state index in [1.807, 2.05) is 25.1 Å². The number of H-pyrrole nitrogens is 1. The molecular weight excluding hydrogens is 304 g/mol. The fourth-order valence-electron chi connectivity index (χ4n) is 3.51. The minimum absolute atomic E-state index is 0.188. The molecule has 3 aromatic rings. The summed E-state index contributed by atoms with van der Waals surface area (Å²) >= 11 is 0. The molecule has 2 aromatic heterocycles. The van der Waals surface area contributed by atoms with Crippen LogP contribution in [0.15, 0.2) is 24.5 Å². The Morgan fingerprint density at radius 1 is 1.25 bits per heavy atom. The Morgan fingerprint density at radius 2 is 2.04 bits per heavy atom. The van der Waals surface area contributed by atoms with Crippen LogP contribution < -0.4 is 9.64 Å². The van der Waals surface area contributed by atoms with Gasteiger partial charge in [0, 0.05) is 24.0 Å². The van der Waals surface area contributed by atoms with Gasteiger partial charge in [0.15, 0.2) is 5.82 Å². The Hall–Kier alpha value is -2.34. The Balaban J connectivity index is 1.83. The molecular formula is C18H22N4O2. The van der Waals surface area contributed by atoms with E-state index in [1.165, 1.54) is 0 Å². The average molecular weight is 326 g/mol. The van der Waals surface area contributed by atoms with Crippen molar-refractivity contribution in [2.45, 2.75) is 33.0 Å². The van der Waals surface area contributed by atoms with E-state index in [4.69, 9.17) is 9.47 Å². The number of nitrogens with one attached hydrogen (secondary N) is 1. The second-order valence-corrected chi connectivity index (χ2v) is 6.35. The highest BCUT2D eigenvalue weighted by molar-refractivity contribution is 6.08. The maximum Gasteiger partial charge on any atom is 0.156 e. The van der Waals surface area contributed by atoms with Gasteiger partial charge in [0.05, 0.1) is 18.8 Å². The van der Waals surface area contributed by atoms with Gasteiger partial charge in [-0.3, -0.25) is 0 Å². The molecule has 1 aliphatic rings. The van der Waals surface area contributed by atoms with Crippen LogP contribution in [0.5, 0.6) is 5.75 Å². The van der Waals surface area contributed by atoms with E-state index in [2.05, 4.69) is 33.7 Å². The van der Waals surface area contributed by atoms with Crippen LogP contribution in [0.4, 0.5) is 5.82 Å². The van der Waals surface area contributed by atoms with E-state index in [1.54, 1.807) is 6.33 Å². The maximum atomic E-state index is 5.84. The fourth-order valence-corrected chi connectivity index (χ4v) is 3.51.